The summed E-state index contributed by atoms with van der Waals surface area (Å²) < 4.78 is 18.1. The van der Waals surface area contributed by atoms with E-state index in [1.54, 1.807) is 12.1 Å². The first-order valence-electron chi connectivity index (χ1n) is 5.20. The number of halogens is 1. The van der Waals surface area contributed by atoms with Gasteiger partial charge < -0.3 is 4.74 Å². The van der Waals surface area contributed by atoms with Crippen molar-refractivity contribution >= 4 is 5.78 Å². The highest BCUT2D eigenvalue weighted by atomic mass is 19.1. The predicted octanol–water partition coefficient (Wildman–Crippen LogP) is 1.78. The monoisotopic (exact) mass is 223 g/mol. The predicted molar refractivity (Wildman–Crippen MR) is 57.9 cm³/mol. The molecule has 3 nitrogen and oxygen atoms in total. The molecule has 1 atom stereocenters. The number of likely N-dealkylation sites (N-methyl/N-ethyl adjacent to an activating group) is 1. The Kier molecular flexibility index (Phi) is 2.92. The first-order chi connectivity index (χ1) is 7.63. The molecule has 0 aliphatic carbocycles. The highest BCUT2D eigenvalue weighted by Crippen LogP contribution is 2.30. The standard InChI is InChI=1S/C12H14FNO2/c1-14-6-5-10(15)12(14)8-3-4-9(13)11(7-8)16-2/h3-4,7,12H,5-6H2,1-2H3. The molecule has 4 heteroatoms. The highest BCUT2D eigenvalue weighted by Gasteiger charge is 2.31. The van der Waals surface area contributed by atoms with Gasteiger partial charge in [0.25, 0.3) is 0 Å². The third-order valence-electron chi connectivity index (χ3n) is 2.95. The van der Waals surface area contributed by atoms with Crippen LogP contribution in [0, 0.1) is 5.82 Å². The molecule has 0 radical (unpaired) electrons. The second-order valence-corrected chi connectivity index (χ2v) is 3.99. The van der Waals surface area contributed by atoms with Crippen LogP contribution in [0.5, 0.6) is 5.75 Å². The van der Waals surface area contributed by atoms with Gasteiger partial charge in [0, 0.05) is 13.0 Å². The zero-order chi connectivity index (χ0) is 11.7. The lowest BCUT2D eigenvalue weighted by atomic mass is 10.0. The summed E-state index contributed by atoms with van der Waals surface area (Å²) in [5.41, 5.74) is 0.795. The number of ketones is 1. The third kappa shape index (κ3) is 1.80. The molecule has 1 unspecified atom stereocenters. The summed E-state index contributed by atoms with van der Waals surface area (Å²) in [6.45, 7) is 0.753. The zero-order valence-corrected chi connectivity index (χ0v) is 9.37. The van der Waals surface area contributed by atoms with E-state index in [0.29, 0.717) is 6.42 Å². The van der Waals surface area contributed by atoms with Crippen LogP contribution in [-0.4, -0.2) is 31.4 Å². The molecule has 0 bridgehead atoms. The van der Waals surface area contributed by atoms with Crippen LogP contribution in [0.1, 0.15) is 18.0 Å². The molecule has 1 aliphatic rings. The van der Waals surface area contributed by atoms with E-state index < -0.39 is 5.82 Å². The number of methoxy groups -OCH3 is 1. The highest BCUT2D eigenvalue weighted by molar-refractivity contribution is 5.87. The molecular formula is C12H14FNO2. The summed E-state index contributed by atoms with van der Waals surface area (Å²) in [5, 5.41) is 0. The number of hydrogen-bond donors (Lipinski definition) is 0. The summed E-state index contributed by atoms with van der Waals surface area (Å²) in [7, 11) is 3.31. The molecule has 2 rings (SSSR count). The van der Waals surface area contributed by atoms with Crippen LogP contribution in [0.25, 0.3) is 0 Å². The summed E-state index contributed by atoms with van der Waals surface area (Å²) in [5.74, 6) is -0.0406. The molecule has 0 amide bonds. The number of likely N-dealkylation sites (tertiary alicyclic amines) is 1. The summed E-state index contributed by atoms with van der Waals surface area (Å²) in [6, 6.07) is 4.32. The van der Waals surface area contributed by atoms with E-state index in [2.05, 4.69) is 0 Å². The first-order valence-corrected chi connectivity index (χ1v) is 5.20. The van der Waals surface area contributed by atoms with Crippen molar-refractivity contribution in [1.82, 2.24) is 4.90 Å². The van der Waals surface area contributed by atoms with Crippen LogP contribution < -0.4 is 4.74 Å². The van der Waals surface area contributed by atoms with Crippen LogP contribution in [-0.2, 0) is 4.79 Å². The average Bonchev–Trinajstić information content (AvgIpc) is 2.60. The fourth-order valence-corrected chi connectivity index (χ4v) is 2.09. The Morgan fingerprint density at radius 2 is 2.25 bits per heavy atom. The van der Waals surface area contributed by atoms with E-state index in [1.165, 1.54) is 13.2 Å². The summed E-state index contributed by atoms with van der Waals surface area (Å²) in [4.78, 5) is 13.7. The van der Waals surface area contributed by atoms with Crippen molar-refractivity contribution in [2.24, 2.45) is 0 Å². The van der Waals surface area contributed by atoms with Gasteiger partial charge in [-0.15, -0.1) is 0 Å². The number of ether oxygens (including phenoxy) is 1. The van der Waals surface area contributed by atoms with Gasteiger partial charge in [-0.3, -0.25) is 9.69 Å². The molecule has 0 saturated carbocycles. The van der Waals surface area contributed by atoms with Gasteiger partial charge in [0.05, 0.1) is 13.2 Å². The summed E-state index contributed by atoms with van der Waals surface area (Å²) in [6.07, 6.45) is 0.556. The van der Waals surface area contributed by atoms with Crippen LogP contribution in [0.15, 0.2) is 18.2 Å². The van der Waals surface area contributed by atoms with Crippen molar-refractivity contribution in [3.05, 3.63) is 29.6 Å². The lowest BCUT2D eigenvalue weighted by molar-refractivity contribution is -0.119. The minimum Gasteiger partial charge on any atom is -0.494 e. The van der Waals surface area contributed by atoms with E-state index in [-0.39, 0.29) is 17.6 Å². The Balaban J connectivity index is 2.36. The van der Waals surface area contributed by atoms with Gasteiger partial charge in [0.15, 0.2) is 17.3 Å². The molecule has 86 valence electrons. The lowest BCUT2D eigenvalue weighted by Crippen LogP contribution is -2.21. The number of Topliss-reactive ketones (excluding diaryl/α,β-unsaturated/α-hetero) is 1. The minimum atomic E-state index is -0.403. The van der Waals surface area contributed by atoms with E-state index in [9.17, 15) is 9.18 Å². The van der Waals surface area contributed by atoms with Crippen molar-refractivity contribution in [1.29, 1.82) is 0 Å². The number of rotatable bonds is 2. The fourth-order valence-electron chi connectivity index (χ4n) is 2.09. The second-order valence-electron chi connectivity index (χ2n) is 3.99. The number of carbonyl (C=O) groups is 1. The molecule has 1 heterocycles. The Morgan fingerprint density at radius 1 is 1.50 bits per heavy atom. The average molecular weight is 223 g/mol. The topological polar surface area (TPSA) is 29.5 Å². The Bertz CT molecular complexity index is 419. The van der Waals surface area contributed by atoms with Gasteiger partial charge in [0.2, 0.25) is 0 Å². The number of carbonyl (C=O) groups excluding carboxylic acids is 1. The van der Waals surface area contributed by atoms with Crippen LogP contribution in [0.2, 0.25) is 0 Å². The molecule has 1 aromatic carbocycles. The maximum absolute atomic E-state index is 13.2. The number of benzene rings is 1. The molecule has 1 fully saturated rings. The van der Waals surface area contributed by atoms with Crippen molar-refractivity contribution in [3.8, 4) is 5.75 Å². The zero-order valence-electron chi connectivity index (χ0n) is 9.37. The molecule has 16 heavy (non-hydrogen) atoms. The molecule has 0 N–H and O–H groups in total. The van der Waals surface area contributed by atoms with E-state index >= 15 is 0 Å². The maximum Gasteiger partial charge on any atom is 0.165 e. The molecule has 1 aliphatic heterocycles. The largest absolute Gasteiger partial charge is 0.494 e. The van der Waals surface area contributed by atoms with E-state index in [4.69, 9.17) is 4.74 Å². The summed E-state index contributed by atoms with van der Waals surface area (Å²) >= 11 is 0. The van der Waals surface area contributed by atoms with Crippen molar-refractivity contribution in [2.75, 3.05) is 20.7 Å². The van der Waals surface area contributed by atoms with Crippen molar-refractivity contribution in [3.63, 3.8) is 0 Å². The van der Waals surface area contributed by atoms with Gasteiger partial charge in [0.1, 0.15) is 0 Å². The Hall–Kier alpha value is -1.42. The van der Waals surface area contributed by atoms with Gasteiger partial charge in [-0.1, -0.05) is 6.07 Å². The normalized spacial score (nSPS) is 21.4. The smallest absolute Gasteiger partial charge is 0.165 e. The van der Waals surface area contributed by atoms with E-state index in [0.717, 1.165) is 12.1 Å². The van der Waals surface area contributed by atoms with Crippen molar-refractivity contribution in [2.45, 2.75) is 12.5 Å². The molecule has 1 saturated heterocycles. The number of nitrogens with zero attached hydrogens (tertiary/aromatic N) is 1. The Labute approximate surface area is 93.8 Å². The van der Waals surface area contributed by atoms with Crippen molar-refractivity contribution < 1.29 is 13.9 Å². The second kappa shape index (κ2) is 4.22. The van der Waals surface area contributed by atoms with Crippen LogP contribution in [0.3, 0.4) is 0 Å². The SMILES string of the molecule is COc1cc(C2C(=O)CCN2C)ccc1F. The lowest BCUT2D eigenvalue weighted by Gasteiger charge is -2.18. The van der Waals surface area contributed by atoms with Gasteiger partial charge in [-0.25, -0.2) is 4.39 Å². The molecular weight excluding hydrogens is 209 g/mol. The molecule has 0 spiro atoms. The molecule has 0 aromatic heterocycles. The Morgan fingerprint density at radius 3 is 2.81 bits per heavy atom. The van der Waals surface area contributed by atoms with Crippen LogP contribution in [0.4, 0.5) is 4.39 Å². The van der Waals surface area contributed by atoms with Gasteiger partial charge in [-0.05, 0) is 24.7 Å². The van der Waals surface area contributed by atoms with Gasteiger partial charge in [-0.2, -0.15) is 0 Å². The quantitative estimate of drug-likeness (QED) is 0.765. The van der Waals surface area contributed by atoms with Gasteiger partial charge >= 0.3 is 0 Å². The maximum atomic E-state index is 13.2. The molecule has 1 aromatic rings. The minimum absolute atomic E-state index is 0.177. The third-order valence-corrected chi connectivity index (χ3v) is 2.95. The fraction of sp³-hybridized carbons (Fsp3) is 0.417. The number of hydrogen-bond acceptors (Lipinski definition) is 3. The van der Waals surface area contributed by atoms with Crippen LogP contribution >= 0.6 is 0 Å². The first kappa shape index (κ1) is 11.1. The van der Waals surface area contributed by atoms with E-state index in [1.807, 2.05) is 11.9 Å².